The molecule has 1 saturated heterocycles. The zero-order chi connectivity index (χ0) is 9.97. The third-order valence-corrected chi connectivity index (χ3v) is 3.00. The maximum atomic E-state index is 12.0. The molecule has 2 heterocycles. The molecule has 0 aliphatic carbocycles. The first-order chi connectivity index (χ1) is 6.77. The van der Waals surface area contributed by atoms with Crippen LogP contribution in [0.1, 0.15) is 26.2 Å². The van der Waals surface area contributed by atoms with Crippen molar-refractivity contribution >= 4 is 5.91 Å². The third kappa shape index (κ3) is 1.98. The first kappa shape index (κ1) is 9.71. The summed E-state index contributed by atoms with van der Waals surface area (Å²) in [6.45, 7) is 4.83. The largest absolute Gasteiger partial charge is 0.337 e. The van der Waals surface area contributed by atoms with E-state index in [0.717, 1.165) is 38.9 Å². The van der Waals surface area contributed by atoms with Crippen molar-refractivity contribution < 1.29 is 4.79 Å². The predicted octanol–water partition coefficient (Wildman–Crippen LogP) is 0.917. The first-order valence-corrected chi connectivity index (χ1v) is 5.45. The van der Waals surface area contributed by atoms with E-state index in [1.807, 2.05) is 4.90 Å². The van der Waals surface area contributed by atoms with Crippen LogP contribution in [0.2, 0.25) is 0 Å². The molecule has 1 N–H and O–H groups in total. The monoisotopic (exact) mass is 194 g/mol. The number of hydrogen-bond acceptors (Lipinski definition) is 2. The number of nitrogens with zero attached hydrogens (tertiary/aromatic N) is 1. The lowest BCUT2D eigenvalue weighted by atomic mass is 10.1. The van der Waals surface area contributed by atoms with Gasteiger partial charge in [-0.1, -0.05) is 11.6 Å². The first-order valence-electron chi connectivity index (χ1n) is 5.45. The Kier molecular flexibility index (Phi) is 2.87. The van der Waals surface area contributed by atoms with Crippen LogP contribution >= 0.6 is 0 Å². The molecule has 3 nitrogen and oxygen atoms in total. The molecule has 0 aromatic rings. The Morgan fingerprint density at radius 3 is 3.14 bits per heavy atom. The summed E-state index contributed by atoms with van der Waals surface area (Å²) in [7, 11) is 0. The van der Waals surface area contributed by atoms with Gasteiger partial charge in [-0.15, -0.1) is 0 Å². The van der Waals surface area contributed by atoms with Gasteiger partial charge in [0.05, 0.1) is 6.04 Å². The van der Waals surface area contributed by atoms with Gasteiger partial charge in [0.2, 0.25) is 5.91 Å². The Morgan fingerprint density at radius 2 is 2.50 bits per heavy atom. The fourth-order valence-electron chi connectivity index (χ4n) is 2.22. The molecule has 0 saturated carbocycles. The molecular weight excluding hydrogens is 176 g/mol. The summed E-state index contributed by atoms with van der Waals surface area (Å²) < 4.78 is 0. The van der Waals surface area contributed by atoms with E-state index in [2.05, 4.69) is 18.3 Å². The van der Waals surface area contributed by atoms with E-state index < -0.39 is 0 Å². The topological polar surface area (TPSA) is 32.3 Å². The van der Waals surface area contributed by atoms with Gasteiger partial charge in [0, 0.05) is 13.1 Å². The van der Waals surface area contributed by atoms with Crippen molar-refractivity contribution in [1.29, 1.82) is 0 Å². The molecular formula is C11H18N2O. The van der Waals surface area contributed by atoms with Gasteiger partial charge in [0.15, 0.2) is 0 Å². The number of amides is 1. The highest BCUT2D eigenvalue weighted by Crippen LogP contribution is 2.13. The predicted molar refractivity (Wildman–Crippen MR) is 56.0 cm³/mol. The summed E-state index contributed by atoms with van der Waals surface area (Å²) in [5.41, 5.74) is 1.32. The van der Waals surface area contributed by atoms with Crippen molar-refractivity contribution in [2.75, 3.05) is 19.6 Å². The number of hydrogen-bond donors (Lipinski definition) is 1. The molecule has 2 rings (SSSR count). The molecule has 2 aliphatic rings. The lowest BCUT2D eigenvalue weighted by molar-refractivity contribution is -0.132. The molecule has 2 aliphatic heterocycles. The van der Waals surface area contributed by atoms with Crippen LogP contribution in [0.15, 0.2) is 11.6 Å². The second-order valence-electron chi connectivity index (χ2n) is 4.25. The highest BCUT2D eigenvalue weighted by atomic mass is 16.2. The van der Waals surface area contributed by atoms with Crippen molar-refractivity contribution in [3.63, 3.8) is 0 Å². The van der Waals surface area contributed by atoms with Crippen LogP contribution in [0.4, 0.5) is 0 Å². The summed E-state index contributed by atoms with van der Waals surface area (Å²) in [4.78, 5) is 14.0. The molecule has 14 heavy (non-hydrogen) atoms. The van der Waals surface area contributed by atoms with Gasteiger partial charge in [-0.25, -0.2) is 0 Å². The molecule has 1 atom stereocenters. The van der Waals surface area contributed by atoms with Crippen LogP contribution in [0.3, 0.4) is 0 Å². The highest BCUT2D eigenvalue weighted by molar-refractivity contribution is 5.82. The minimum absolute atomic E-state index is 0.0981. The Morgan fingerprint density at radius 1 is 1.64 bits per heavy atom. The molecule has 0 spiro atoms. The fourth-order valence-corrected chi connectivity index (χ4v) is 2.22. The maximum absolute atomic E-state index is 12.0. The summed E-state index contributed by atoms with van der Waals surface area (Å²) in [5, 5.41) is 3.26. The zero-order valence-corrected chi connectivity index (χ0v) is 8.75. The molecule has 1 amide bonds. The van der Waals surface area contributed by atoms with Crippen molar-refractivity contribution in [2.45, 2.75) is 32.2 Å². The van der Waals surface area contributed by atoms with Gasteiger partial charge >= 0.3 is 0 Å². The molecule has 0 aromatic heterocycles. The van der Waals surface area contributed by atoms with Gasteiger partial charge < -0.3 is 10.2 Å². The zero-order valence-electron chi connectivity index (χ0n) is 8.75. The van der Waals surface area contributed by atoms with Crippen molar-refractivity contribution in [3.8, 4) is 0 Å². The van der Waals surface area contributed by atoms with E-state index in [4.69, 9.17) is 0 Å². The van der Waals surface area contributed by atoms with E-state index in [-0.39, 0.29) is 6.04 Å². The maximum Gasteiger partial charge on any atom is 0.240 e. The van der Waals surface area contributed by atoms with Crippen molar-refractivity contribution in [3.05, 3.63) is 11.6 Å². The van der Waals surface area contributed by atoms with Crippen molar-refractivity contribution in [2.24, 2.45) is 0 Å². The number of carbonyl (C=O) groups is 1. The standard InChI is InChI=1S/C11H18N2O/c1-9-4-3-7-13(8-9)11(14)10-5-2-6-12-10/h4,10,12H,2-3,5-8H2,1H3/t10-/m0/s1. The van der Waals surface area contributed by atoms with E-state index in [1.165, 1.54) is 5.57 Å². The normalized spacial score (nSPS) is 27.6. The average molecular weight is 194 g/mol. The lowest BCUT2D eigenvalue weighted by Crippen LogP contribution is -2.45. The minimum atomic E-state index is 0.0981. The van der Waals surface area contributed by atoms with E-state index >= 15 is 0 Å². The molecule has 0 aromatic carbocycles. The number of carbonyl (C=O) groups excluding carboxylic acids is 1. The second-order valence-corrected chi connectivity index (χ2v) is 4.25. The number of rotatable bonds is 1. The third-order valence-electron chi connectivity index (χ3n) is 3.00. The SMILES string of the molecule is CC1=CCCN(C(=O)[C@@H]2CCCN2)C1. The van der Waals surface area contributed by atoms with E-state index in [9.17, 15) is 4.79 Å². The van der Waals surface area contributed by atoms with Gasteiger partial charge in [-0.3, -0.25) is 4.79 Å². The average Bonchev–Trinajstić information content (AvgIpc) is 2.69. The molecule has 3 heteroatoms. The minimum Gasteiger partial charge on any atom is -0.337 e. The Bertz CT molecular complexity index is 254. The molecule has 0 unspecified atom stereocenters. The van der Waals surface area contributed by atoms with Gasteiger partial charge in [0.1, 0.15) is 0 Å². The fraction of sp³-hybridized carbons (Fsp3) is 0.727. The summed E-state index contributed by atoms with van der Waals surface area (Å²) in [6.07, 6.45) is 5.40. The van der Waals surface area contributed by atoms with Crippen molar-refractivity contribution in [1.82, 2.24) is 10.2 Å². The Balaban J connectivity index is 1.94. The second kappa shape index (κ2) is 4.13. The molecule has 78 valence electrons. The van der Waals surface area contributed by atoms with Crippen LogP contribution in [-0.2, 0) is 4.79 Å². The highest BCUT2D eigenvalue weighted by Gasteiger charge is 2.27. The van der Waals surface area contributed by atoms with E-state index in [1.54, 1.807) is 0 Å². The number of nitrogens with one attached hydrogen (secondary N) is 1. The molecule has 1 fully saturated rings. The summed E-state index contributed by atoms with van der Waals surface area (Å²) in [5.74, 6) is 0.301. The van der Waals surface area contributed by atoms with Crippen LogP contribution in [-0.4, -0.2) is 36.5 Å². The molecule has 0 radical (unpaired) electrons. The van der Waals surface area contributed by atoms with Gasteiger partial charge in [-0.2, -0.15) is 0 Å². The summed E-state index contributed by atoms with van der Waals surface area (Å²) >= 11 is 0. The van der Waals surface area contributed by atoms with Crippen LogP contribution < -0.4 is 5.32 Å². The molecule has 0 bridgehead atoms. The smallest absolute Gasteiger partial charge is 0.240 e. The Labute approximate surface area is 85.2 Å². The Hall–Kier alpha value is -0.830. The summed E-state index contributed by atoms with van der Waals surface area (Å²) in [6, 6.07) is 0.0981. The van der Waals surface area contributed by atoms with Gasteiger partial charge in [0.25, 0.3) is 0 Å². The van der Waals surface area contributed by atoms with E-state index in [0.29, 0.717) is 5.91 Å². The van der Waals surface area contributed by atoms with Crippen LogP contribution in [0.5, 0.6) is 0 Å². The van der Waals surface area contributed by atoms with Crippen LogP contribution in [0.25, 0.3) is 0 Å². The lowest BCUT2D eigenvalue weighted by Gasteiger charge is -2.28. The van der Waals surface area contributed by atoms with Crippen LogP contribution in [0, 0.1) is 0 Å². The quantitative estimate of drug-likeness (QED) is 0.629. The van der Waals surface area contributed by atoms with Gasteiger partial charge in [-0.05, 0) is 32.7 Å².